The summed E-state index contributed by atoms with van der Waals surface area (Å²) in [5, 5.41) is 4.95. The third-order valence-electron chi connectivity index (χ3n) is 5.93. The van der Waals surface area contributed by atoms with Gasteiger partial charge < -0.3 is 9.16 Å². The van der Waals surface area contributed by atoms with Crippen LogP contribution < -0.4 is 0 Å². The van der Waals surface area contributed by atoms with Crippen LogP contribution in [0, 0.1) is 3.70 Å². The lowest BCUT2D eigenvalue weighted by molar-refractivity contribution is 0.0810. The first kappa shape index (κ1) is 27.2. The van der Waals surface area contributed by atoms with Crippen LogP contribution in [0.1, 0.15) is 47.2 Å². The van der Waals surface area contributed by atoms with Crippen molar-refractivity contribution in [1.29, 1.82) is 0 Å². The molecule has 0 saturated heterocycles. The molecular formula is C21H38ClIN4O2Si2. The molecule has 0 fully saturated rings. The molecule has 0 aliphatic heterocycles. The predicted octanol–water partition coefficient (Wildman–Crippen LogP) is 7.09. The summed E-state index contributed by atoms with van der Waals surface area (Å²) < 4.78 is 15.1. The molecule has 6 nitrogen and oxygen atoms in total. The fourth-order valence-corrected chi connectivity index (χ4v) is 11.3. The topological polar surface area (TPSA) is 62.1 Å². The van der Waals surface area contributed by atoms with E-state index in [-0.39, 0.29) is 0 Å². The first-order chi connectivity index (χ1) is 14.3. The molecule has 2 aromatic heterocycles. The second-order valence-corrected chi connectivity index (χ2v) is 22.8. The Morgan fingerprint density at radius 3 is 2.10 bits per heavy atom. The molecule has 0 aliphatic rings. The maximum atomic E-state index is 6.69. The van der Waals surface area contributed by atoms with E-state index in [9.17, 15) is 0 Å². The maximum Gasteiger partial charge on any atom is 0.200 e. The van der Waals surface area contributed by atoms with Crippen molar-refractivity contribution in [2.75, 3.05) is 6.61 Å². The standard InChI is InChI=1S/C21H38ClIN4O2Si2/c1-14(2)31(15(3)4,16(5)6)29-12-17-19(22)25-21-18(24-17)20(23)26-27(21)13-28-10-11-30(7,8)9/h14-16H,10-13H2,1-9H3. The van der Waals surface area contributed by atoms with E-state index in [0.29, 0.717) is 46.5 Å². The van der Waals surface area contributed by atoms with Gasteiger partial charge in [0.05, 0.1) is 6.61 Å². The van der Waals surface area contributed by atoms with Gasteiger partial charge in [-0.3, -0.25) is 0 Å². The van der Waals surface area contributed by atoms with Crippen LogP contribution in [0.4, 0.5) is 0 Å². The van der Waals surface area contributed by atoms with Crippen LogP contribution >= 0.6 is 34.2 Å². The number of ether oxygens (including phenoxy) is 1. The van der Waals surface area contributed by atoms with Crippen molar-refractivity contribution < 1.29 is 9.16 Å². The van der Waals surface area contributed by atoms with Gasteiger partial charge in [-0.05, 0) is 45.3 Å². The summed E-state index contributed by atoms with van der Waals surface area (Å²) >= 11 is 8.76. The summed E-state index contributed by atoms with van der Waals surface area (Å²) in [6.45, 7) is 22.1. The minimum Gasteiger partial charge on any atom is -0.410 e. The molecule has 0 saturated carbocycles. The van der Waals surface area contributed by atoms with Gasteiger partial charge in [-0.1, -0.05) is 72.8 Å². The summed E-state index contributed by atoms with van der Waals surface area (Å²) in [5.41, 5.74) is 3.59. The lowest BCUT2D eigenvalue weighted by Crippen LogP contribution is -2.47. The zero-order valence-electron chi connectivity index (χ0n) is 20.4. The highest BCUT2D eigenvalue weighted by atomic mass is 127. The van der Waals surface area contributed by atoms with E-state index in [0.717, 1.165) is 21.9 Å². The van der Waals surface area contributed by atoms with Crippen LogP contribution in [0.5, 0.6) is 0 Å². The molecule has 0 bridgehead atoms. The van der Waals surface area contributed by atoms with E-state index in [1.54, 1.807) is 4.68 Å². The fraction of sp³-hybridized carbons (Fsp3) is 0.762. The van der Waals surface area contributed by atoms with Gasteiger partial charge in [-0.15, -0.1) is 0 Å². The van der Waals surface area contributed by atoms with E-state index < -0.39 is 16.4 Å². The summed E-state index contributed by atoms with van der Waals surface area (Å²) in [6.07, 6.45) is 0. The largest absolute Gasteiger partial charge is 0.410 e. The first-order valence-electron chi connectivity index (χ1n) is 11.1. The highest BCUT2D eigenvalue weighted by Crippen LogP contribution is 2.43. The van der Waals surface area contributed by atoms with Gasteiger partial charge in [-0.2, -0.15) is 5.10 Å². The van der Waals surface area contributed by atoms with Crippen molar-refractivity contribution in [2.45, 2.75) is 97.2 Å². The molecule has 0 atom stereocenters. The number of rotatable bonds is 11. The van der Waals surface area contributed by atoms with Crippen molar-refractivity contribution in [1.82, 2.24) is 19.7 Å². The second-order valence-electron chi connectivity index (χ2n) is 10.4. The Balaban J connectivity index is 2.24. The number of hydrogen-bond donors (Lipinski definition) is 0. The highest BCUT2D eigenvalue weighted by Gasteiger charge is 2.45. The number of halogens is 2. The summed E-state index contributed by atoms with van der Waals surface area (Å²) in [4.78, 5) is 9.43. The van der Waals surface area contributed by atoms with Gasteiger partial charge in [0.15, 0.2) is 14.5 Å². The molecule has 0 aromatic carbocycles. The molecule has 176 valence electrons. The average molecular weight is 597 g/mol. The number of hydrogen-bond acceptors (Lipinski definition) is 5. The van der Waals surface area contributed by atoms with Crippen LogP contribution in [-0.2, 0) is 22.5 Å². The number of nitrogens with zero attached hydrogens (tertiary/aromatic N) is 4. The van der Waals surface area contributed by atoms with Gasteiger partial charge in [-0.25, -0.2) is 14.6 Å². The Morgan fingerprint density at radius 2 is 1.58 bits per heavy atom. The smallest absolute Gasteiger partial charge is 0.200 e. The molecule has 0 N–H and O–H groups in total. The van der Waals surface area contributed by atoms with Crippen molar-refractivity contribution in [3.05, 3.63) is 14.5 Å². The summed E-state index contributed by atoms with van der Waals surface area (Å²) in [6, 6.07) is 1.12. The van der Waals surface area contributed by atoms with Crippen LogP contribution in [0.3, 0.4) is 0 Å². The number of aromatic nitrogens is 4. The maximum absolute atomic E-state index is 6.69. The normalized spacial score (nSPS) is 13.4. The molecule has 0 aliphatic carbocycles. The molecule has 0 radical (unpaired) electrons. The molecule has 0 spiro atoms. The van der Waals surface area contributed by atoms with E-state index >= 15 is 0 Å². The molecular weight excluding hydrogens is 559 g/mol. The quantitative estimate of drug-likeness (QED) is 0.157. The van der Waals surface area contributed by atoms with E-state index in [4.69, 9.17) is 25.7 Å². The van der Waals surface area contributed by atoms with Gasteiger partial charge in [0, 0.05) is 14.7 Å². The van der Waals surface area contributed by atoms with E-state index in [1.807, 2.05) is 0 Å². The molecule has 31 heavy (non-hydrogen) atoms. The summed E-state index contributed by atoms with van der Waals surface area (Å²) in [7, 11) is -3.14. The minimum absolute atomic E-state index is 0.356. The SMILES string of the molecule is CC(C)[Si](OCc1nc2c(I)nn(COCC[Si](C)(C)C)c2nc1Cl)(C(C)C)C(C)C. The molecule has 2 rings (SSSR count). The van der Waals surface area contributed by atoms with Crippen LogP contribution in [0.2, 0.25) is 47.5 Å². The van der Waals surface area contributed by atoms with Gasteiger partial charge >= 0.3 is 0 Å². The van der Waals surface area contributed by atoms with Crippen LogP contribution in [-0.4, -0.2) is 42.7 Å². The van der Waals surface area contributed by atoms with Crippen LogP contribution in [0.25, 0.3) is 11.2 Å². The zero-order chi connectivity index (χ0) is 23.6. The van der Waals surface area contributed by atoms with Gasteiger partial charge in [0.2, 0.25) is 8.32 Å². The third-order valence-corrected chi connectivity index (χ3v) is 14.7. The average Bonchev–Trinajstić information content (AvgIpc) is 2.92. The Kier molecular flexibility index (Phi) is 9.55. The van der Waals surface area contributed by atoms with Gasteiger partial charge in [0.25, 0.3) is 0 Å². The predicted molar refractivity (Wildman–Crippen MR) is 143 cm³/mol. The van der Waals surface area contributed by atoms with Crippen molar-refractivity contribution in [3.8, 4) is 0 Å². The molecule has 0 amide bonds. The fourth-order valence-electron chi connectivity index (χ4n) is 4.37. The molecule has 0 unspecified atom stereocenters. The van der Waals surface area contributed by atoms with Crippen LogP contribution in [0.15, 0.2) is 0 Å². The minimum atomic E-state index is -2.01. The lowest BCUT2D eigenvalue weighted by Gasteiger charge is -2.42. The second kappa shape index (κ2) is 10.9. The Morgan fingerprint density at radius 1 is 1.00 bits per heavy atom. The molecule has 2 aromatic rings. The Hall–Kier alpha value is -0.0762. The lowest BCUT2D eigenvalue weighted by atomic mass is 10.4. The van der Waals surface area contributed by atoms with Gasteiger partial charge in [0.1, 0.15) is 17.9 Å². The highest BCUT2D eigenvalue weighted by molar-refractivity contribution is 14.1. The zero-order valence-corrected chi connectivity index (χ0v) is 25.3. The molecule has 10 heteroatoms. The van der Waals surface area contributed by atoms with E-state index in [2.05, 4.69) is 93.9 Å². The van der Waals surface area contributed by atoms with Crippen molar-refractivity contribution in [3.63, 3.8) is 0 Å². The van der Waals surface area contributed by atoms with E-state index in [1.165, 1.54) is 0 Å². The first-order valence-corrected chi connectivity index (χ1v) is 18.4. The van der Waals surface area contributed by atoms with Crippen molar-refractivity contribution in [2.24, 2.45) is 0 Å². The monoisotopic (exact) mass is 596 g/mol. The number of fused-ring (bicyclic) bond motifs is 1. The third kappa shape index (κ3) is 6.50. The van der Waals surface area contributed by atoms with Crippen molar-refractivity contribution >= 4 is 61.7 Å². The molecule has 2 heterocycles. The summed E-state index contributed by atoms with van der Waals surface area (Å²) in [5.74, 6) is 0. The Bertz CT molecular complexity index is 863. The Labute approximate surface area is 208 Å².